The zero-order valence-corrected chi connectivity index (χ0v) is 8.13. The molecule has 0 aliphatic heterocycles. The van der Waals surface area contributed by atoms with Crippen molar-refractivity contribution in [2.75, 3.05) is 12.3 Å². The number of nitrogen functional groups attached to an aromatic ring is 1. The fourth-order valence-corrected chi connectivity index (χ4v) is 1.40. The smallest absolute Gasteiger partial charge is 0.146 e. The molecule has 0 amide bonds. The van der Waals surface area contributed by atoms with Crippen LogP contribution in [0.3, 0.4) is 0 Å². The lowest BCUT2D eigenvalue weighted by Gasteiger charge is -2.25. The molecule has 5 N–H and O–H groups in total. The summed E-state index contributed by atoms with van der Waals surface area (Å²) in [7, 11) is 0. The quantitative estimate of drug-likeness (QED) is 0.633. The van der Waals surface area contributed by atoms with Crippen LogP contribution >= 0.6 is 0 Å². The van der Waals surface area contributed by atoms with E-state index in [9.17, 15) is 4.39 Å². The van der Waals surface area contributed by atoms with Gasteiger partial charge in [-0.15, -0.1) is 0 Å². The Morgan fingerprint density at radius 3 is 2.71 bits per heavy atom. The number of halogens is 1. The summed E-state index contributed by atoms with van der Waals surface area (Å²) in [4.78, 5) is 0. The minimum absolute atomic E-state index is 0.0526. The van der Waals surface area contributed by atoms with Gasteiger partial charge in [0.1, 0.15) is 5.82 Å². The van der Waals surface area contributed by atoms with Crippen LogP contribution in [0.15, 0.2) is 18.2 Å². The summed E-state index contributed by atoms with van der Waals surface area (Å²) >= 11 is 0. The van der Waals surface area contributed by atoms with Crippen molar-refractivity contribution < 1.29 is 9.50 Å². The van der Waals surface area contributed by atoms with Crippen LogP contribution in [0.4, 0.5) is 10.1 Å². The van der Waals surface area contributed by atoms with Gasteiger partial charge in [-0.1, -0.05) is 12.1 Å². The number of rotatable bonds is 3. The van der Waals surface area contributed by atoms with Crippen molar-refractivity contribution in [2.45, 2.75) is 18.9 Å². The van der Waals surface area contributed by atoms with Crippen LogP contribution in [0.5, 0.6) is 0 Å². The van der Waals surface area contributed by atoms with E-state index in [1.165, 1.54) is 6.07 Å². The first kappa shape index (κ1) is 10.9. The number of anilines is 1. The van der Waals surface area contributed by atoms with Crippen LogP contribution in [0, 0.1) is 5.82 Å². The van der Waals surface area contributed by atoms with E-state index in [2.05, 4.69) is 0 Å². The average Bonchev–Trinajstić information content (AvgIpc) is 2.09. The Kier molecular flexibility index (Phi) is 3.08. The second-order valence-corrected chi connectivity index (χ2v) is 3.59. The van der Waals surface area contributed by atoms with E-state index in [-0.39, 0.29) is 12.3 Å². The summed E-state index contributed by atoms with van der Waals surface area (Å²) in [6.45, 7) is 1.66. The van der Waals surface area contributed by atoms with E-state index in [1.54, 1.807) is 19.1 Å². The van der Waals surface area contributed by atoms with Gasteiger partial charge in [-0.3, -0.25) is 0 Å². The fourth-order valence-electron chi connectivity index (χ4n) is 1.40. The summed E-state index contributed by atoms with van der Waals surface area (Å²) in [6, 6.07) is 4.52. The molecular formula is C10H15FN2O. The van der Waals surface area contributed by atoms with Crippen LogP contribution < -0.4 is 11.5 Å². The Labute approximate surface area is 82.5 Å². The normalized spacial score (nSPS) is 15.1. The molecule has 0 unspecified atom stereocenters. The van der Waals surface area contributed by atoms with Gasteiger partial charge in [0, 0.05) is 12.1 Å². The van der Waals surface area contributed by atoms with Gasteiger partial charge in [0.2, 0.25) is 0 Å². The Morgan fingerprint density at radius 2 is 2.14 bits per heavy atom. The van der Waals surface area contributed by atoms with Gasteiger partial charge in [-0.05, 0) is 25.0 Å². The fraction of sp³-hybridized carbons (Fsp3) is 0.400. The summed E-state index contributed by atoms with van der Waals surface area (Å²) < 4.78 is 13.1. The number of aliphatic hydroxyl groups excluding tert-OH is 1. The molecule has 78 valence electrons. The standard InChI is InChI=1S/C10H15FN2O/c1-10(13,5-6-14)7-3-2-4-8(11)9(7)12/h2-4,14H,5-6,12-13H2,1H3/t10-/m1/s1. The van der Waals surface area contributed by atoms with E-state index < -0.39 is 11.4 Å². The number of nitrogens with two attached hydrogens (primary N) is 2. The monoisotopic (exact) mass is 198 g/mol. The summed E-state index contributed by atoms with van der Waals surface area (Å²) in [5.74, 6) is -0.475. The lowest BCUT2D eigenvalue weighted by molar-refractivity contribution is 0.247. The molecular weight excluding hydrogens is 183 g/mol. The van der Waals surface area contributed by atoms with Crippen molar-refractivity contribution in [3.63, 3.8) is 0 Å². The highest BCUT2D eigenvalue weighted by molar-refractivity contribution is 5.51. The van der Waals surface area contributed by atoms with Crippen LogP contribution in [0.1, 0.15) is 18.9 Å². The molecule has 0 aromatic heterocycles. The second-order valence-electron chi connectivity index (χ2n) is 3.59. The lowest BCUT2D eigenvalue weighted by atomic mass is 9.89. The first-order valence-electron chi connectivity index (χ1n) is 4.43. The molecule has 0 bridgehead atoms. The maximum atomic E-state index is 13.1. The first-order chi connectivity index (χ1) is 6.49. The van der Waals surface area contributed by atoms with Crippen molar-refractivity contribution in [1.29, 1.82) is 0 Å². The van der Waals surface area contributed by atoms with Crippen LogP contribution in [-0.2, 0) is 5.54 Å². The van der Waals surface area contributed by atoms with Gasteiger partial charge < -0.3 is 16.6 Å². The third-order valence-electron chi connectivity index (χ3n) is 2.30. The molecule has 1 rings (SSSR count). The van der Waals surface area contributed by atoms with E-state index in [1.807, 2.05) is 0 Å². The zero-order chi connectivity index (χ0) is 10.8. The van der Waals surface area contributed by atoms with Gasteiger partial charge >= 0.3 is 0 Å². The molecule has 0 aliphatic carbocycles. The van der Waals surface area contributed by atoms with Gasteiger partial charge in [0.25, 0.3) is 0 Å². The lowest BCUT2D eigenvalue weighted by Crippen LogP contribution is -2.35. The number of hydrogen-bond donors (Lipinski definition) is 3. The van der Waals surface area contributed by atoms with E-state index in [0.29, 0.717) is 12.0 Å². The van der Waals surface area contributed by atoms with Crippen LogP contribution in [0.2, 0.25) is 0 Å². The van der Waals surface area contributed by atoms with Crippen molar-refractivity contribution >= 4 is 5.69 Å². The van der Waals surface area contributed by atoms with Crippen LogP contribution in [-0.4, -0.2) is 11.7 Å². The number of benzene rings is 1. The molecule has 1 atom stereocenters. The molecule has 0 aliphatic rings. The Balaban J connectivity index is 3.12. The minimum Gasteiger partial charge on any atom is -0.396 e. The van der Waals surface area contributed by atoms with Crippen molar-refractivity contribution in [1.82, 2.24) is 0 Å². The highest BCUT2D eigenvalue weighted by Crippen LogP contribution is 2.28. The summed E-state index contributed by atoms with van der Waals surface area (Å²) in [5, 5.41) is 8.81. The van der Waals surface area contributed by atoms with Crippen molar-refractivity contribution in [3.05, 3.63) is 29.6 Å². The summed E-state index contributed by atoms with van der Waals surface area (Å²) in [5.41, 5.74) is 11.3. The molecule has 3 nitrogen and oxygen atoms in total. The number of aliphatic hydroxyl groups is 1. The predicted molar refractivity (Wildman–Crippen MR) is 54.1 cm³/mol. The highest BCUT2D eigenvalue weighted by Gasteiger charge is 2.23. The van der Waals surface area contributed by atoms with Gasteiger partial charge in [-0.25, -0.2) is 4.39 Å². The maximum absolute atomic E-state index is 13.1. The van der Waals surface area contributed by atoms with Crippen molar-refractivity contribution in [2.24, 2.45) is 5.73 Å². The highest BCUT2D eigenvalue weighted by atomic mass is 19.1. The maximum Gasteiger partial charge on any atom is 0.146 e. The SMILES string of the molecule is C[C@@](N)(CCO)c1cccc(F)c1N. The Morgan fingerprint density at radius 1 is 1.50 bits per heavy atom. The third kappa shape index (κ3) is 2.02. The number of hydrogen-bond acceptors (Lipinski definition) is 3. The van der Waals surface area contributed by atoms with Crippen LogP contribution in [0.25, 0.3) is 0 Å². The first-order valence-corrected chi connectivity index (χ1v) is 4.43. The topological polar surface area (TPSA) is 72.3 Å². The second kappa shape index (κ2) is 3.94. The average molecular weight is 198 g/mol. The molecule has 1 aromatic rings. The molecule has 0 fully saturated rings. The molecule has 14 heavy (non-hydrogen) atoms. The Hall–Kier alpha value is -1.13. The van der Waals surface area contributed by atoms with E-state index in [4.69, 9.17) is 16.6 Å². The molecule has 0 radical (unpaired) electrons. The Bertz CT molecular complexity index is 326. The molecule has 0 heterocycles. The van der Waals surface area contributed by atoms with Gasteiger partial charge in [0.05, 0.1) is 5.69 Å². The van der Waals surface area contributed by atoms with E-state index >= 15 is 0 Å². The summed E-state index contributed by atoms with van der Waals surface area (Å²) in [6.07, 6.45) is 0.348. The van der Waals surface area contributed by atoms with Gasteiger partial charge in [-0.2, -0.15) is 0 Å². The molecule has 4 heteroatoms. The molecule has 0 spiro atoms. The predicted octanol–water partition coefficient (Wildman–Crippen LogP) is 0.964. The minimum atomic E-state index is -0.791. The van der Waals surface area contributed by atoms with Gasteiger partial charge in [0.15, 0.2) is 0 Å². The largest absolute Gasteiger partial charge is 0.396 e. The molecule has 0 saturated carbocycles. The molecule has 0 saturated heterocycles. The van der Waals surface area contributed by atoms with E-state index in [0.717, 1.165) is 0 Å². The third-order valence-corrected chi connectivity index (χ3v) is 2.30. The van der Waals surface area contributed by atoms with Crippen molar-refractivity contribution in [3.8, 4) is 0 Å². The number of para-hydroxylation sites is 1. The molecule has 1 aromatic carbocycles. The zero-order valence-electron chi connectivity index (χ0n) is 8.13.